The number of amides is 2. The molecule has 2 amide bonds. The lowest BCUT2D eigenvalue weighted by Gasteiger charge is -2.12. The van der Waals surface area contributed by atoms with Gasteiger partial charge in [0, 0.05) is 13.2 Å². The molecular weight excluding hydrogens is 410 g/mol. The van der Waals surface area contributed by atoms with Gasteiger partial charge in [0.1, 0.15) is 17.2 Å². The number of rotatable bonds is 8. The number of nitrogens with two attached hydrogens (primary N) is 3. The smallest absolute Gasteiger partial charge is 0.255 e. The summed E-state index contributed by atoms with van der Waals surface area (Å²) >= 11 is 0. The molecule has 168 valence electrons. The average Bonchev–Trinajstić information content (AvgIpc) is 3.30. The van der Waals surface area contributed by atoms with E-state index in [0.29, 0.717) is 36.6 Å². The van der Waals surface area contributed by atoms with Crippen LogP contribution >= 0.6 is 0 Å². The molecule has 7 N–H and O–H groups in total. The summed E-state index contributed by atoms with van der Waals surface area (Å²) in [4.78, 5) is 28.8. The maximum absolute atomic E-state index is 12.4. The number of hydrogen-bond acceptors (Lipinski definition) is 6. The van der Waals surface area contributed by atoms with Crippen LogP contribution in [0.15, 0.2) is 59.1 Å². The van der Waals surface area contributed by atoms with Crippen molar-refractivity contribution in [3.63, 3.8) is 0 Å². The fourth-order valence-corrected chi connectivity index (χ4v) is 3.34. The minimum Gasteiger partial charge on any atom is -0.496 e. The number of methoxy groups -OCH3 is 1. The molecule has 0 spiro atoms. The number of aliphatic imine (C=N–C) groups is 1. The van der Waals surface area contributed by atoms with Crippen LogP contribution in [0.4, 0.5) is 0 Å². The number of benzene rings is 2. The summed E-state index contributed by atoms with van der Waals surface area (Å²) in [7, 11) is 1.52. The molecule has 1 atom stereocenters. The first-order valence-electron chi connectivity index (χ1n) is 10.1. The van der Waals surface area contributed by atoms with E-state index >= 15 is 0 Å². The van der Waals surface area contributed by atoms with Crippen LogP contribution in [0.5, 0.6) is 5.75 Å². The Balaban J connectivity index is 1.73. The number of hydrogen-bond donors (Lipinski definition) is 4. The second-order valence-corrected chi connectivity index (χ2v) is 7.26. The van der Waals surface area contributed by atoms with E-state index in [1.165, 1.54) is 7.11 Å². The second kappa shape index (κ2) is 10.5. The van der Waals surface area contributed by atoms with Gasteiger partial charge >= 0.3 is 0 Å². The Morgan fingerprint density at radius 1 is 1.12 bits per heavy atom. The van der Waals surface area contributed by atoms with E-state index in [2.05, 4.69) is 10.3 Å². The maximum atomic E-state index is 12.4. The van der Waals surface area contributed by atoms with Crippen LogP contribution < -0.4 is 27.3 Å². The minimum atomic E-state index is -0.754. The van der Waals surface area contributed by atoms with Crippen molar-refractivity contribution in [3.8, 4) is 5.75 Å². The van der Waals surface area contributed by atoms with Gasteiger partial charge < -0.3 is 32.0 Å². The van der Waals surface area contributed by atoms with Gasteiger partial charge in [-0.05, 0) is 29.7 Å². The Morgan fingerprint density at radius 2 is 1.84 bits per heavy atom. The molecule has 1 saturated heterocycles. The van der Waals surface area contributed by atoms with Crippen molar-refractivity contribution in [1.29, 1.82) is 0 Å². The lowest BCUT2D eigenvalue weighted by atomic mass is 10.0. The molecule has 1 unspecified atom stereocenters. The van der Waals surface area contributed by atoms with Crippen molar-refractivity contribution in [2.75, 3.05) is 20.3 Å². The number of nitrogens with one attached hydrogen (secondary N) is 1. The molecule has 0 radical (unpaired) electrons. The van der Waals surface area contributed by atoms with E-state index in [4.69, 9.17) is 26.7 Å². The van der Waals surface area contributed by atoms with E-state index in [9.17, 15) is 9.59 Å². The van der Waals surface area contributed by atoms with Crippen LogP contribution in [-0.2, 0) is 16.1 Å². The first-order valence-corrected chi connectivity index (χ1v) is 10.1. The van der Waals surface area contributed by atoms with Crippen molar-refractivity contribution >= 4 is 23.3 Å². The highest BCUT2D eigenvalue weighted by atomic mass is 16.5. The summed E-state index contributed by atoms with van der Waals surface area (Å²) in [5, 5.41) is 2.85. The van der Waals surface area contributed by atoms with Gasteiger partial charge in [-0.15, -0.1) is 0 Å². The third-order valence-electron chi connectivity index (χ3n) is 5.07. The van der Waals surface area contributed by atoms with E-state index in [1.54, 1.807) is 48.5 Å². The van der Waals surface area contributed by atoms with Crippen molar-refractivity contribution in [1.82, 2.24) is 5.32 Å². The first kappa shape index (κ1) is 22.8. The molecule has 9 nitrogen and oxygen atoms in total. The SMILES string of the molecule is COc1ccccc1C(=O)NCc1ccc(C(N)=C(C(N)=O)C(N)=NC2CCOC2)cc1. The standard InChI is InChI=1S/C23H27N5O4/c1-31-18-5-3-2-4-17(18)23(30)27-12-14-6-8-15(9-7-14)20(24)19(22(26)29)21(25)28-16-10-11-32-13-16/h2-9,16H,10-13,24H2,1H3,(H2,25,28)(H2,26,29)(H,27,30). The molecule has 32 heavy (non-hydrogen) atoms. The van der Waals surface area contributed by atoms with E-state index < -0.39 is 5.91 Å². The maximum Gasteiger partial charge on any atom is 0.255 e. The molecule has 1 heterocycles. The quantitative estimate of drug-likeness (QED) is 0.273. The van der Waals surface area contributed by atoms with Gasteiger partial charge in [-0.25, -0.2) is 0 Å². The van der Waals surface area contributed by atoms with Crippen LogP contribution in [0, 0.1) is 0 Å². The van der Waals surface area contributed by atoms with Gasteiger partial charge in [0.25, 0.3) is 11.8 Å². The summed E-state index contributed by atoms with van der Waals surface area (Å²) in [6.07, 6.45) is 0.724. The number of amidine groups is 1. The lowest BCUT2D eigenvalue weighted by Crippen LogP contribution is -2.30. The van der Waals surface area contributed by atoms with Crippen molar-refractivity contribution < 1.29 is 19.1 Å². The number of ether oxygens (including phenoxy) is 2. The normalized spacial score (nSPS) is 16.9. The fourth-order valence-electron chi connectivity index (χ4n) is 3.34. The highest BCUT2D eigenvalue weighted by Gasteiger charge is 2.20. The number of carbonyl (C=O) groups excluding carboxylic acids is 2. The largest absolute Gasteiger partial charge is 0.496 e. The van der Waals surface area contributed by atoms with Crippen LogP contribution in [0.1, 0.15) is 27.9 Å². The molecular formula is C23H27N5O4. The summed E-state index contributed by atoms with van der Waals surface area (Å²) in [6.45, 7) is 1.35. The zero-order valence-corrected chi connectivity index (χ0v) is 17.8. The van der Waals surface area contributed by atoms with Gasteiger partial charge in [0.15, 0.2) is 0 Å². The third-order valence-corrected chi connectivity index (χ3v) is 5.07. The second-order valence-electron chi connectivity index (χ2n) is 7.26. The first-order chi connectivity index (χ1) is 15.4. The molecule has 0 bridgehead atoms. The van der Waals surface area contributed by atoms with Crippen LogP contribution in [0.2, 0.25) is 0 Å². The van der Waals surface area contributed by atoms with Crippen molar-refractivity contribution in [2.24, 2.45) is 22.2 Å². The van der Waals surface area contributed by atoms with Gasteiger partial charge in [0.05, 0.1) is 31.0 Å². The van der Waals surface area contributed by atoms with Crippen LogP contribution in [0.25, 0.3) is 5.70 Å². The Bertz CT molecular complexity index is 1040. The summed E-state index contributed by atoms with van der Waals surface area (Å²) in [5.74, 6) is -0.503. The Morgan fingerprint density at radius 3 is 2.47 bits per heavy atom. The number of nitrogens with zero attached hydrogens (tertiary/aromatic N) is 1. The van der Waals surface area contributed by atoms with Crippen LogP contribution in [-0.4, -0.2) is 44.0 Å². The molecule has 9 heteroatoms. The molecule has 0 saturated carbocycles. The van der Waals surface area contributed by atoms with E-state index in [0.717, 1.165) is 12.0 Å². The predicted molar refractivity (Wildman–Crippen MR) is 122 cm³/mol. The molecule has 1 aliphatic rings. The molecule has 0 aliphatic carbocycles. The minimum absolute atomic E-state index is 0.00125. The molecule has 3 rings (SSSR count). The highest BCUT2D eigenvalue weighted by molar-refractivity contribution is 6.24. The summed E-state index contributed by atoms with van der Waals surface area (Å²) < 4.78 is 10.5. The van der Waals surface area contributed by atoms with Gasteiger partial charge in [-0.1, -0.05) is 36.4 Å². The molecule has 1 aliphatic heterocycles. The average molecular weight is 438 g/mol. The topological polar surface area (TPSA) is 155 Å². The number of primary amides is 1. The molecule has 1 fully saturated rings. The zero-order chi connectivity index (χ0) is 23.1. The summed E-state index contributed by atoms with van der Waals surface area (Å²) in [6, 6.07) is 13.9. The molecule has 2 aromatic carbocycles. The summed E-state index contributed by atoms with van der Waals surface area (Å²) in [5.41, 5.74) is 19.7. The zero-order valence-electron chi connectivity index (χ0n) is 17.8. The Labute approximate surface area is 186 Å². The van der Waals surface area contributed by atoms with E-state index in [1.807, 2.05) is 0 Å². The fraction of sp³-hybridized carbons (Fsp3) is 0.261. The monoisotopic (exact) mass is 437 g/mol. The van der Waals surface area contributed by atoms with Crippen molar-refractivity contribution in [2.45, 2.75) is 19.0 Å². The van der Waals surface area contributed by atoms with Gasteiger partial charge in [-0.2, -0.15) is 0 Å². The molecule has 2 aromatic rings. The molecule has 0 aromatic heterocycles. The predicted octanol–water partition coefficient (Wildman–Crippen LogP) is 0.926. The highest BCUT2D eigenvalue weighted by Crippen LogP contribution is 2.19. The number of para-hydroxylation sites is 1. The lowest BCUT2D eigenvalue weighted by molar-refractivity contribution is -0.114. The van der Waals surface area contributed by atoms with Gasteiger partial charge in [0.2, 0.25) is 0 Å². The van der Waals surface area contributed by atoms with E-state index in [-0.39, 0.29) is 29.1 Å². The Kier molecular flexibility index (Phi) is 7.45. The third kappa shape index (κ3) is 5.44. The Hall–Kier alpha value is -3.85. The van der Waals surface area contributed by atoms with Crippen LogP contribution in [0.3, 0.4) is 0 Å². The number of carbonyl (C=O) groups is 2. The van der Waals surface area contributed by atoms with Crippen molar-refractivity contribution in [3.05, 3.63) is 70.8 Å². The van der Waals surface area contributed by atoms with Gasteiger partial charge in [-0.3, -0.25) is 14.6 Å².